The molecule has 0 aliphatic rings. The summed E-state index contributed by atoms with van der Waals surface area (Å²) in [4.78, 5) is 12.4. The summed E-state index contributed by atoms with van der Waals surface area (Å²) < 4.78 is 20.6. The van der Waals surface area contributed by atoms with Gasteiger partial charge in [0.1, 0.15) is 29.8 Å². The molecule has 0 aliphatic carbocycles. The van der Waals surface area contributed by atoms with Gasteiger partial charge in [-0.25, -0.2) is 4.39 Å². The molecule has 150 valence electrons. The average Bonchev–Trinajstić information content (AvgIpc) is 2.73. The van der Waals surface area contributed by atoms with Gasteiger partial charge in [-0.2, -0.15) is 5.26 Å². The van der Waals surface area contributed by atoms with Crippen LogP contribution in [0.3, 0.4) is 0 Å². The third-order valence-corrected chi connectivity index (χ3v) is 5.63. The van der Waals surface area contributed by atoms with Gasteiger partial charge >= 0.3 is 0 Å². The van der Waals surface area contributed by atoms with Crippen LogP contribution < -0.4 is 10.1 Å². The molecule has 3 aromatic carbocycles. The predicted octanol–water partition coefficient (Wildman–Crippen LogP) is 6.16. The van der Waals surface area contributed by atoms with Crippen molar-refractivity contribution in [1.82, 2.24) is 0 Å². The standard InChI is InChI=1S/C23H15FI2N2O2/c24-18-8-6-15(7-9-18)14-30-22-20(25)11-16(12-21(22)26)10-17(13-27)23(29)28-19-4-2-1-3-5-19/h1-12H,14H2,(H,28,29). The Morgan fingerprint density at radius 1 is 1.07 bits per heavy atom. The number of carbonyl (C=O) groups excluding carboxylic acids is 1. The van der Waals surface area contributed by atoms with Crippen molar-refractivity contribution in [3.05, 3.63) is 96.4 Å². The summed E-state index contributed by atoms with van der Waals surface area (Å²) in [5.41, 5.74) is 2.21. The molecule has 30 heavy (non-hydrogen) atoms. The van der Waals surface area contributed by atoms with Crippen molar-refractivity contribution in [2.75, 3.05) is 5.32 Å². The quantitative estimate of drug-likeness (QED) is 0.203. The van der Waals surface area contributed by atoms with Crippen molar-refractivity contribution in [2.24, 2.45) is 0 Å². The molecule has 0 saturated heterocycles. The lowest BCUT2D eigenvalue weighted by atomic mass is 10.1. The van der Waals surface area contributed by atoms with Crippen LogP contribution in [-0.4, -0.2) is 5.91 Å². The number of nitrogens with zero attached hydrogens (tertiary/aromatic N) is 1. The minimum absolute atomic E-state index is 0.00503. The predicted molar refractivity (Wildman–Crippen MR) is 131 cm³/mol. The smallest absolute Gasteiger partial charge is 0.266 e. The van der Waals surface area contributed by atoms with Gasteiger partial charge < -0.3 is 10.1 Å². The van der Waals surface area contributed by atoms with Crippen molar-refractivity contribution in [3.63, 3.8) is 0 Å². The molecule has 4 nitrogen and oxygen atoms in total. The minimum atomic E-state index is -0.467. The van der Waals surface area contributed by atoms with Gasteiger partial charge in [-0.1, -0.05) is 30.3 Å². The zero-order chi connectivity index (χ0) is 21.5. The van der Waals surface area contributed by atoms with E-state index < -0.39 is 5.91 Å². The highest BCUT2D eigenvalue weighted by atomic mass is 127. The Kier molecular flexibility index (Phi) is 7.81. The van der Waals surface area contributed by atoms with Crippen LogP contribution in [-0.2, 0) is 11.4 Å². The fourth-order valence-electron chi connectivity index (χ4n) is 2.57. The Morgan fingerprint density at radius 3 is 2.30 bits per heavy atom. The van der Waals surface area contributed by atoms with Crippen LogP contribution >= 0.6 is 45.2 Å². The molecule has 7 heteroatoms. The highest BCUT2D eigenvalue weighted by Crippen LogP contribution is 2.30. The van der Waals surface area contributed by atoms with E-state index in [0.717, 1.165) is 18.3 Å². The molecule has 0 heterocycles. The zero-order valence-corrected chi connectivity index (χ0v) is 19.8. The lowest BCUT2D eigenvalue weighted by molar-refractivity contribution is -0.112. The molecular weight excluding hydrogens is 609 g/mol. The number of carbonyl (C=O) groups is 1. The molecule has 0 atom stereocenters. The Bertz CT molecular complexity index is 1100. The maximum absolute atomic E-state index is 13.0. The normalized spacial score (nSPS) is 10.9. The Labute approximate surface area is 201 Å². The summed E-state index contributed by atoms with van der Waals surface area (Å²) in [6.07, 6.45) is 1.55. The van der Waals surface area contributed by atoms with Crippen molar-refractivity contribution in [1.29, 1.82) is 5.26 Å². The molecule has 3 rings (SSSR count). The first-order valence-corrected chi connectivity index (χ1v) is 11.0. The van der Waals surface area contributed by atoms with E-state index in [0.29, 0.717) is 18.0 Å². The molecule has 0 unspecified atom stereocenters. The van der Waals surface area contributed by atoms with Gasteiger partial charge in [0.15, 0.2) is 0 Å². The maximum Gasteiger partial charge on any atom is 0.266 e. The molecule has 0 saturated carbocycles. The minimum Gasteiger partial charge on any atom is -0.487 e. The molecule has 1 amide bonds. The number of nitriles is 1. The van der Waals surface area contributed by atoms with Crippen LogP contribution in [0, 0.1) is 24.3 Å². The van der Waals surface area contributed by atoms with Crippen molar-refractivity contribution in [2.45, 2.75) is 6.61 Å². The molecule has 3 aromatic rings. The second-order valence-electron chi connectivity index (χ2n) is 6.22. The number of hydrogen-bond donors (Lipinski definition) is 1. The van der Waals surface area contributed by atoms with Gasteiger partial charge in [-0.05, 0) is 98.8 Å². The SMILES string of the molecule is N#CC(=Cc1cc(I)c(OCc2ccc(F)cc2)c(I)c1)C(=O)Nc1ccccc1. The molecule has 0 aliphatic heterocycles. The van der Waals surface area contributed by atoms with Crippen molar-refractivity contribution in [3.8, 4) is 11.8 Å². The molecule has 0 spiro atoms. The van der Waals surface area contributed by atoms with Crippen LogP contribution in [0.2, 0.25) is 0 Å². The third kappa shape index (κ3) is 6.03. The molecular formula is C23H15FI2N2O2. The van der Waals surface area contributed by atoms with E-state index in [4.69, 9.17) is 4.74 Å². The van der Waals surface area contributed by atoms with E-state index in [1.807, 2.05) is 24.3 Å². The first-order chi connectivity index (χ1) is 14.5. The maximum atomic E-state index is 13.0. The van der Waals surface area contributed by atoms with Gasteiger partial charge in [0, 0.05) is 5.69 Å². The Balaban J connectivity index is 1.76. The number of anilines is 1. The van der Waals surface area contributed by atoms with E-state index in [1.165, 1.54) is 12.1 Å². The summed E-state index contributed by atoms with van der Waals surface area (Å²) in [6.45, 7) is 0.310. The number of amides is 1. The molecule has 0 radical (unpaired) electrons. The number of hydrogen-bond acceptors (Lipinski definition) is 3. The van der Waals surface area contributed by atoms with E-state index in [1.54, 1.807) is 42.5 Å². The van der Waals surface area contributed by atoms with Crippen LogP contribution in [0.4, 0.5) is 10.1 Å². The first kappa shape index (κ1) is 22.2. The third-order valence-electron chi connectivity index (χ3n) is 4.02. The van der Waals surface area contributed by atoms with E-state index >= 15 is 0 Å². The number of benzene rings is 3. The summed E-state index contributed by atoms with van der Waals surface area (Å²) in [5, 5.41) is 12.1. The Hall–Kier alpha value is -2.45. The van der Waals surface area contributed by atoms with E-state index in [9.17, 15) is 14.4 Å². The van der Waals surface area contributed by atoms with Crippen LogP contribution in [0.1, 0.15) is 11.1 Å². The lowest BCUT2D eigenvalue weighted by Gasteiger charge is -2.12. The van der Waals surface area contributed by atoms with Gasteiger partial charge in [0.05, 0.1) is 7.14 Å². The molecule has 1 N–H and O–H groups in total. The van der Waals surface area contributed by atoms with Gasteiger partial charge in [0.2, 0.25) is 0 Å². The summed E-state index contributed by atoms with van der Waals surface area (Å²) in [5.74, 6) is -0.0566. The first-order valence-electron chi connectivity index (χ1n) is 8.81. The van der Waals surface area contributed by atoms with Crippen LogP contribution in [0.15, 0.2) is 72.3 Å². The fourth-order valence-corrected chi connectivity index (χ4v) is 4.70. The van der Waals surface area contributed by atoms with E-state index in [-0.39, 0.29) is 11.4 Å². The number of nitrogens with one attached hydrogen (secondary N) is 1. The average molecular weight is 624 g/mol. The largest absolute Gasteiger partial charge is 0.487 e. The number of ether oxygens (including phenoxy) is 1. The molecule has 0 aromatic heterocycles. The second-order valence-corrected chi connectivity index (χ2v) is 8.54. The number of para-hydroxylation sites is 1. The molecule has 0 bridgehead atoms. The van der Waals surface area contributed by atoms with Crippen molar-refractivity contribution >= 4 is 62.9 Å². The van der Waals surface area contributed by atoms with E-state index in [2.05, 4.69) is 50.5 Å². The van der Waals surface area contributed by atoms with Crippen LogP contribution in [0.5, 0.6) is 5.75 Å². The van der Waals surface area contributed by atoms with Gasteiger partial charge in [-0.3, -0.25) is 4.79 Å². The fraction of sp³-hybridized carbons (Fsp3) is 0.0435. The van der Waals surface area contributed by atoms with Gasteiger partial charge in [-0.15, -0.1) is 0 Å². The topological polar surface area (TPSA) is 62.1 Å². The van der Waals surface area contributed by atoms with Gasteiger partial charge in [0.25, 0.3) is 5.91 Å². The number of rotatable bonds is 6. The summed E-state index contributed by atoms with van der Waals surface area (Å²) in [6, 6.07) is 20.8. The highest BCUT2D eigenvalue weighted by molar-refractivity contribution is 14.1. The monoisotopic (exact) mass is 624 g/mol. The Morgan fingerprint density at radius 2 is 1.70 bits per heavy atom. The summed E-state index contributed by atoms with van der Waals surface area (Å²) in [7, 11) is 0. The summed E-state index contributed by atoms with van der Waals surface area (Å²) >= 11 is 4.30. The highest BCUT2D eigenvalue weighted by Gasteiger charge is 2.13. The number of halogens is 3. The lowest BCUT2D eigenvalue weighted by Crippen LogP contribution is -2.13. The molecule has 0 fully saturated rings. The zero-order valence-electron chi connectivity index (χ0n) is 15.5. The van der Waals surface area contributed by atoms with Crippen LogP contribution in [0.25, 0.3) is 6.08 Å². The second kappa shape index (κ2) is 10.5. The van der Waals surface area contributed by atoms with Crippen molar-refractivity contribution < 1.29 is 13.9 Å².